The number of benzene rings is 2. The summed E-state index contributed by atoms with van der Waals surface area (Å²) in [6.07, 6.45) is 0. The average molecular weight is 760 g/mol. The third kappa shape index (κ3) is 7.27. The van der Waals surface area contributed by atoms with Gasteiger partial charge in [-0.3, -0.25) is 9.80 Å². The molecular weight excluding hydrogens is 729 g/mol. The molecule has 1 radical (unpaired) electrons. The molecule has 2 saturated heterocycles. The fourth-order valence-electron chi connectivity index (χ4n) is 5.40. The Kier molecular flexibility index (Phi) is 13.4. The Morgan fingerprint density at radius 2 is 0.929 bits per heavy atom. The fraction of sp³-hybridized carbons (Fsp3) is 0.345. The average Bonchev–Trinajstić information content (AvgIpc) is 3.53. The van der Waals surface area contributed by atoms with E-state index in [-0.39, 0.29) is 78.1 Å². The molecule has 2 aromatic carbocycles. The van der Waals surface area contributed by atoms with Crippen LogP contribution in [0.25, 0.3) is 45.1 Å². The van der Waals surface area contributed by atoms with Gasteiger partial charge in [0.1, 0.15) is 11.4 Å². The molecule has 2 aliphatic heterocycles. The number of pyridine rings is 1. The van der Waals surface area contributed by atoms with E-state index < -0.39 is 0 Å². The van der Waals surface area contributed by atoms with Gasteiger partial charge in [-0.1, -0.05) is 30.3 Å². The third-order valence-electron chi connectivity index (χ3n) is 7.41. The van der Waals surface area contributed by atoms with Gasteiger partial charge in [0.2, 0.25) is 0 Å². The first-order valence-corrected chi connectivity index (χ1v) is 13.3. The number of hydrogen-bond donors (Lipinski definition) is 0. The van der Waals surface area contributed by atoms with Crippen molar-refractivity contribution in [3.63, 3.8) is 0 Å². The van der Waals surface area contributed by atoms with Crippen LogP contribution < -0.4 is 37.2 Å². The maximum absolute atomic E-state index is 5.58. The number of fused-ring (bicyclic) bond motifs is 2. The van der Waals surface area contributed by atoms with E-state index in [4.69, 9.17) is 24.4 Å². The van der Waals surface area contributed by atoms with Gasteiger partial charge >= 0.3 is 40.8 Å². The minimum Gasteiger partial charge on any atom is -1.00 e. The SMILES string of the molecule is [Cl-].[Cl-].[Cl-].[Nd+3].c1cc(-c2nc3ccccc3n2CN2CCOCC2)nc(-c2nc3ccccc3n2CN2CCOCC2)c1. The van der Waals surface area contributed by atoms with Crippen molar-refractivity contribution < 1.29 is 87.5 Å². The van der Waals surface area contributed by atoms with E-state index in [2.05, 4.69) is 73.5 Å². The van der Waals surface area contributed by atoms with Gasteiger partial charge < -0.3 is 55.8 Å². The molecule has 9 nitrogen and oxygen atoms in total. The van der Waals surface area contributed by atoms with Crippen LogP contribution in [0.15, 0.2) is 66.7 Å². The van der Waals surface area contributed by atoms with Crippen molar-refractivity contribution in [1.29, 1.82) is 0 Å². The minimum atomic E-state index is 0. The van der Waals surface area contributed by atoms with Crippen LogP contribution in [0.4, 0.5) is 0 Å². The molecule has 2 fully saturated rings. The van der Waals surface area contributed by atoms with Crippen LogP contribution in [-0.4, -0.2) is 86.5 Å². The summed E-state index contributed by atoms with van der Waals surface area (Å²) in [5.41, 5.74) is 5.86. The molecule has 0 saturated carbocycles. The summed E-state index contributed by atoms with van der Waals surface area (Å²) in [6, 6.07) is 22.8. The van der Waals surface area contributed by atoms with Crippen molar-refractivity contribution in [2.24, 2.45) is 0 Å². The van der Waals surface area contributed by atoms with Gasteiger partial charge in [-0.05, 0) is 36.4 Å². The quantitative estimate of drug-likeness (QED) is 0.172. The Bertz CT molecular complexity index is 1470. The van der Waals surface area contributed by atoms with E-state index in [1.54, 1.807) is 0 Å². The Hall–Kier alpha value is -1.41. The van der Waals surface area contributed by atoms with Crippen molar-refractivity contribution >= 4 is 22.1 Å². The molecule has 0 N–H and O–H groups in total. The predicted octanol–water partition coefficient (Wildman–Crippen LogP) is -5.29. The molecule has 3 aromatic heterocycles. The second kappa shape index (κ2) is 16.1. The number of para-hydroxylation sites is 4. The molecule has 5 aromatic rings. The van der Waals surface area contributed by atoms with Crippen LogP contribution in [0.5, 0.6) is 0 Å². The molecule has 0 amide bonds. The van der Waals surface area contributed by atoms with Gasteiger partial charge in [-0.25, -0.2) is 15.0 Å². The number of hydrogen-bond acceptors (Lipinski definition) is 7. The van der Waals surface area contributed by atoms with Gasteiger partial charge in [-0.15, -0.1) is 0 Å². The van der Waals surface area contributed by atoms with E-state index >= 15 is 0 Å². The second-order valence-electron chi connectivity index (χ2n) is 9.86. The van der Waals surface area contributed by atoms with E-state index in [9.17, 15) is 0 Å². The van der Waals surface area contributed by atoms with Crippen LogP contribution >= 0.6 is 0 Å². The first-order valence-electron chi connectivity index (χ1n) is 13.3. The van der Waals surface area contributed by atoms with E-state index in [0.29, 0.717) is 0 Å². The number of morpholine rings is 2. The zero-order chi connectivity index (χ0) is 25.3. The molecule has 0 aliphatic carbocycles. The largest absolute Gasteiger partial charge is 3.00 e. The molecule has 13 heteroatoms. The minimum absolute atomic E-state index is 0. The topological polar surface area (TPSA) is 73.5 Å². The number of rotatable bonds is 6. The van der Waals surface area contributed by atoms with E-state index in [0.717, 1.165) is 111 Å². The first kappa shape index (κ1) is 35.1. The Balaban J connectivity index is 0.00000121. The Labute approximate surface area is 296 Å². The first-order chi connectivity index (χ1) is 18.8. The van der Waals surface area contributed by atoms with Crippen molar-refractivity contribution in [3.05, 3.63) is 66.7 Å². The molecule has 0 atom stereocenters. The zero-order valence-corrected chi connectivity index (χ0v) is 28.5. The molecular formula is C29H31Cl3N7NdO2. The molecule has 0 bridgehead atoms. The van der Waals surface area contributed by atoms with Crippen LogP contribution in [0.3, 0.4) is 0 Å². The zero-order valence-electron chi connectivity index (χ0n) is 23.0. The summed E-state index contributed by atoms with van der Waals surface area (Å²) in [7, 11) is 0. The monoisotopic (exact) mass is 756 g/mol. The molecule has 0 unspecified atom stereocenters. The van der Waals surface area contributed by atoms with Gasteiger partial charge in [0.05, 0.1) is 61.8 Å². The normalized spacial score (nSPS) is 15.8. The number of aromatic nitrogens is 5. The summed E-state index contributed by atoms with van der Waals surface area (Å²) in [5.74, 6) is 1.74. The van der Waals surface area contributed by atoms with Crippen molar-refractivity contribution in [2.45, 2.75) is 13.3 Å². The van der Waals surface area contributed by atoms with Crippen LogP contribution in [0, 0.1) is 40.8 Å². The van der Waals surface area contributed by atoms with Crippen LogP contribution in [0.2, 0.25) is 0 Å². The third-order valence-corrected chi connectivity index (χ3v) is 7.41. The summed E-state index contributed by atoms with van der Waals surface area (Å²) in [6.45, 7) is 8.17. The summed E-state index contributed by atoms with van der Waals surface area (Å²) < 4.78 is 15.7. The van der Waals surface area contributed by atoms with Crippen molar-refractivity contribution in [2.75, 3.05) is 52.6 Å². The summed E-state index contributed by atoms with van der Waals surface area (Å²) in [4.78, 5) is 20.0. The van der Waals surface area contributed by atoms with Crippen molar-refractivity contribution in [3.8, 4) is 23.0 Å². The number of imidazole rings is 2. The van der Waals surface area contributed by atoms with Gasteiger partial charge in [0.15, 0.2) is 11.6 Å². The standard InChI is InChI=1S/C29H31N7O2.3ClH.Nd/c1-3-10-26-22(6-1)31-28(35(26)20-33-12-16-37-17-13-33)24-8-5-9-25(30-24)29-32-23-7-2-4-11-27(23)36(29)21-34-14-18-38-19-15-34;;;;/h1-11H,12-21H2;3*1H;/q;;;;+3/p-3. The predicted molar refractivity (Wildman–Crippen MR) is 146 cm³/mol. The van der Waals surface area contributed by atoms with Gasteiger partial charge in [-0.2, -0.15) is 0 Å². The number of halogens is 3. The molecule has 0 spiro atoms. The van der Waals surface area contributed by atoms with Gasteiger partial charge in [0.25, 0.3) is 0 Å². The second-order valence-corrected chi connectivity index (χ2v) is 9.86. The van der Waals surface area contributed by atoms with Gasteiger partial charge in [0, 0.05) is 26.2 Å². The smallest absolute Gasteiger partial charge is 1.00 e. The van der Waals surface area contributed by atoms with Crippen LogP contribution in [0.1, 0.15) is 0 Å². The summed E-state index contributed by atoms with van der Waals surface area (Å²) >= 11 is 0. The van der Waals surface area contributed by atoms with Crippen molar-refractivity contribution in [1.82, 2.24) is 33.9 Å². The number of ether oxygens (including phenoxy) is 2. The molecule has 7 rings (SSSR count). The molecule has 5 heterocycles. The fourth-order valence-corrected chi connectivity index (χ4v) is 5.40. The molecule has 219 valence electrons. The molecule has 2 aliphatic rings. The maximum Gasteiger partial charge on any atom is 3.00 e. The van der Waals surface area contributed by atoms with E-state index in [1.807, 2.05) is 12.1 Å². The van der Waals surface area contributed by atoms with E-state index in [1.165, 1.54) is 0 Å². The molecule has 42 heavy (non-hydrogen) atoms. The number of nitrogens with zero attached hydrogens (tertiary/aromatic N) is 7. The maximum atomic E-state index is 5.58. The summed E-state index contributed by atoms with van der Waals surface area (Å²) in [5, 5.41) is 0. The Morgan fingerprint density at radius 3 is 1.36 bits per heavy atom. The Morgan fingerprint density at radius 1 is 0.524 bits per heavy atom. The van der Waals surface area contributed by atoms with Crippen LogP contribution in [-0.2, 0) is 22.8 Å².